The molecule has 1 aliphatic heterocycles. The Hall–Kier alpha value is -1.12. The molecule has 0 aliphatic carbocycles. The van der Waals surface area contributed by atoms with E-state index in [1.807, 2.05) is 6.08 Å². The van der Waals surface area contributed by atoms with Crippen LogP contribution < -0.4 is 5.32 Å². The zero-order valence-corrected chi connectivity index (χ0v) is 9.77. The SMILES string of the molecule is Cl.Fc1ccc(/C=C/C2=CCNCC2)cc1. The summed E-state index contributed by atoms with van der Waals surface area (Å²) in [4.78, 5) is 0. The summed E-state index contributed by atoms with van der Waals surface area (Å²) in [5, 5.41) is 3.26. The molecular weight excluding hydrogens is 225 g/mol. The van der Waals surface area contributed by atoms with Gasteiger partial charge < -0.3 is 5.32 Å². The minimum atomic E-state index is -0.187. The molecular formula is C13H15ClFN. The summed E-state index contributed by atoms with van der Waals surface area (Å²) in [5.74, 6) is -0.187. The van der Waals surface area contributed by atoms with E-state index in [4.69, 9.17) is 0 Å². The molecule has 1 nitrogen and oxygen atoms in total. The highest BCUT2D eigenvalue weighted by Gasteiger charge is 1.98. The number of halogens is 2. The number of hydrogen-bond donors (Lipinski definition) is 1. The van der Waals surface area contributed by atoms with Gasteiger partial charge in [0.15, 0.2) is 0 Å². The molecule has 0 radical (unpaired) electrons. The summed E-state index contributed by atoms with van der Waals surface area (Å²) in [7, 11) is 0. The fourth-order valence-electron chi connectivity index (χ4n) is 1.57. The quantitative estimate of drug-likeness (QED) is 0.836. The first-order valence-electron chi connectivity index (χ1n) is 5.18. The second-order valence-electron chi connectivity index (χ2n) is 3.62. The monoisotopic (exact) mass is 239 g/mol. The summed E-state index contributed by atoms with van der Waals surface area (Å²) in [6.45, 7) is 1.99. The van der Waals surface area contributed by atoms with Gasteiger partial charge in [0.2, 0.25) is 0 Å². The van der Waals surface area contributed by atoms with E-state index >= 15 is 0 Å². The largest absolute Gasteiger partial charge is 0.313 e. The Morgan fingerprint density at radius 2 is 1.88 bits per heavy atom. The molecule has 1 aliphatic rings. The van der Waals surface area contributed by atoms with E-state index in [1.165, 1.54) is 17.7 Å². The molecule has 2 rings (SSSR count). The average Bonchev–Trinajstić information content (AvgIpc) is 2.30. The molecule has 1 aromatic rings. The van der Waals surface area contributed by atoms with Crippen LogP contribution in [0, 0.1) is 5.82 Å². The zero-order chi connectivity index (χ0) is 10.5. The van der Waals surface area contributed by atoms with Crippen molar-refractivity contribution in [2.75, 3.05) is 13.1 Å². The van der Waals surface area contributed by atoms with Crippen LogP contribution in [0.15, 0.2) is 42.0 Å². The van der Waals surface area contributed by atoms with E-state index in [0.29, 0.717) is 0 Å². The molecule has 0 aromatic heterocycles. The van der Waals surface area contributed by atoms with Gasteiger partial charge >= 0.3 is 0 Å². The van der Waals surface area contributed by atoms with E-state index < -0.39 is 0 Å². The maximum absolute atomic E-state index is 12.6. The van der Waals surface area contributed by atoms with Crippen LogP contribution in [0.2, 0.25) is 0 Å². The Balaban J connectivity index is 0.00000128. The first-order valence-corrected chi connectivity index (χ1v) is 5.18. The fourth-order valence-corrected chi connectivity index (χ4v) is 1.57. The first-order chi connectivity index (χ1) is 7.34. The maximum atomic E-state index is 12.6. The number of hydrogen-bond acceptors (Lipinski definition) is 1. The standard InChI is InChI=1S/C13H14FN.ClH/c14-13-5-3-11(4-6-13)1-2-12-7-9-15-10-8-12;/h1-7,15H,8-10H2;1H/b2-1+;. The van der Waals surface area contributed by atoms with Gasteiger partial charge in [-0.1, -0.05) is 30.4 Å². The van der Waals surface area contributed by atoms with Crippen molar-refractivity contribution in [2.24, 2.45) is 0 Å². The third-order valence-corrected chi connectivity index (χ3v) is 2.46. The van der Waals surface area contributed by atoms with Gasteiger partial charge in [-0.25, -0.2) is 4.39 Å². The lowest BCUT2D eigenvalue weighted by atomic mass is 10.1. The van der Waals surface area contributed by atoms with Gasteiger partial charge in [-0.15, -0.1) is 12.4 Å². The van der Waals surface area contributed by atoms with E-state index in [-0.39, 0.29) is 18.2 Å². The highest BCUT2D eigenvalue weighted by Crippen LogP contribution is 2.10. The van der Waals surface area contributed by atoms with Gasteiger partial charge in [-0.3, -0.25) is 0 Å². The summed E-state index contributed by atoms with van der Waals surface area (Å²) < 4.78 is 12.6. The first kappa shape index (κ1) is 12.9. The molecule has 86 valence electrons. The van der Waals surface area contributed by atoms with Crippen molar-refractivity contribution in [3.05, 3.63) is 53.4 Å². The molecule has 0 amide bonds. The second kappa shape index (κ2) is 6.46. The molecule has 1 heterocycles. The van der Waals surface area contributed by atoms with E-state index in [9.17, 15) is 4.39 Å². The van der Waals surface area contributed by atoms with E-state index in [1.54, 1.807) is 12.1 Å². The molecule has 0 unspecified atom stereocenters. The molecule has 16 heavy (non-hydrogen) atoms. The molecule has 0 atom stereocenters. The third kappa shape index (κ3) is 3.80. The van der Waals surface area contributed by atoms with Crippen molar-refractivity contribution >= 4 is 18.5 Å². The molecule has 1 N–H and O–H groups in total. The Kier molecular flexibility index (Phi) is 5.23. The maximum Gasteiger partial charge on any atom is 0.123 e. The van der Waals surface area contributed by atoms with Crippen LogP contribution in [0.1, 0.15) is 12.0 Å². The summed E-state index contributed by atoms with van der Waals surface area (Å²) >= 11 is 0. The highest BCUT2D eigenvalue weighted by molar-refractivity contribution is 5.85. The smallest absolute Gasteiger partial charge is 0.123 e. The lowest BCUT2D eigenvalue weighted by Gasteiger charge is -2.09. The second-order valence-corrected chi connectivity index (χ2v) is 3.62. The summed E-state index contributed by atoms with van der Waals surface area (Å²) in [5.41, 5.74) is 2.38. The topological polar surface area (TPSA) is 12.0 Å². The van der Waals surface area contributed by atoms with E-state index in [2.05, 4.69) is 17.5 Å². The Morgan fingerprint density at radius 3 is 2.50 bits per heavy atom. The van der Waals surface area contributed by atoms with Gasteiger partial charge in [0, 0.05) is 6.54 Å². The van der Waals surface area contributed by atoms with Crippen LogP contribution in [0.25, 0.3) is 6.08 Å². The van der Waals surface area contributed by atoms with Crippen molar-refractivity contribution < 1.29 is 4.39 Å². The van der Waals surface area contributed by atoms with Crippen molar-refractivity contribution in [1.29, 1.82) is 0 Å². The van der Waals surface area contributed by atoms with Crippen molar-refractivity contribution in [1.82, 2.24) is 5.32 Å². The van der Waals surface area contributed by atoms with Gasteiger partial charge in [-0.2, -0.15) is 0 Å². The number of benzene rings is 1. The lowest BCUT2D eigenvalue weighted by Crippen LogP contribution is -2.19. The van der Waals surface area contributed by atoms with Gasteiger partial charge in [0.1, 0.15) is 5.82 Å². The van der Waals surface area contributed by atoms with Crippen LogP contribution in [-0.4, -0.2) is 13.1 Å². The molecule has 0 saturated carbocycles. The van der Waals surface area contributed by atoms with Crippen LogP contribution in [-0.2, 0) is 0 Å². The Morgan fingerprint density at radius 1 is 1.12 bits per heavy atom. The molecule has 0 bridgehead atoms. The summed E-state index contributed by atoms with van der Waals surface area (Å²) in [6.07, 6.45) is 7.38. The Labute approximate surface area is 101 Å². The number of allylic oxidation sites excluding steroid dienone is 1. The van der Waals surface area contributed by atoms with Gasteiger partial charge in [0.05, 0.1) is 0 Å². The molecule has 3 heteroatoms. The average molecular weight is 240 g/mol. The van der Waals surface area contributed by atoms with Crippen LogP contribution in [0.5, 0.6) is 0 Å². The number of nitrogens with one attached hydrogen (secondary N) is 1. The molecule has 0 fully saturated rings. The van der Waals surface area contributed by atoms with E-state index in [0.717, 1.165) is 25.1 Å². The van der Waals surface area contributed by atoms with Crippen LogP contribution in [0.3, 0.4) is 0 Å². The van der Waals surface area contributed by atoms with Crippen LogP contribution >= 0.6 is 12.4 Å². The summed E-state index contributed by atoms with van der Waals surface area (Å²) in [6, 6.07) is 6.54. The zero-order valence-electron chi connectivity index (χ0n) is 8.95. The molecule has 0 saturated heterocycles. The van der Waals surface area contributed by atoms with Crippen molar-refractivity contribution in [2.45, 2.75) is 6.42 Å². The minimum Gasteiger partial charge on any atom is -0.313 e. The highest BCUT2D eigenvalue weighted by atomic mass is 35.5. The fraction of sp³-hybridized carbons (Fsp3) is 0.231. The van der Waals surface area contributed by atoms with Crippen LogP contribution in [0.4, 0.5) is 4.39 Å². The van der Waals surface area contributed by atoms with Crippen molar-refractivity contribution in [3.8, 4) is 0 Å². The Bertz CT molecular complexity index is 381. The van der Waals surface area contributed by atoms with Gasteiger partial charge in [0.25, 0.3) is 0 Å². The third-order valence-electron chi connectivity index (χ3n) is 2.46. The lowest BCUT2D eigenvalue weighted by molar-refractivity contribution is 0.628. The molecule has 1 aromatic carbocycles. The normalized spacial score (nSPS) is 15.7. The predicted octanol–water partition coefficient (Wildman–Crippen LogP) is 3.18. The number of rotatable bonds is 2. The minimum absolute atomic E-state index is 0. The van der Waals surface area contributed by atoms with Gasteiger partial charge in [-0.05, 0) is 36.2 Å². The predicted molar refractivity (Wildman–Crippen MR) is 68.3 cm³/mol. The molecule has 0 spiro atoms. The van der Waals surface area contributed by atoms with Crippen molar-refractivity contribution in [3.63, 3.8) is 0 Å².